The number of sulfonamides is 1. The molecule has 0 aliphatic carbocycles. The van der Waals surface area contributed by atoms with Gasteiger partial charge in [0.15, 0.2) is 11.6 Å². The van der Waals surface area contributed by atoms with Gasteiger partial charge in [-0.25, -0.2) is 22.2 Å². The number of carbonyl (C=O) groups excluding carboxylic acids is 1. The number of anilines is 2. The van der Waals surface area contributed by atoms with E-state index in [1.165, 1.54) is 12.3 Å². The van der Waals surface area contributed by atoms with Crippen LogP contribution in [0.4, 0.5) is 20.3 Å². The van der Waals surface area contributed by atoms with Crippen molar-refractivity contribution >= 4 is 27.4 Å². The number of benzene rings is 1. The summed E-state index contributed by atoms with van der Waals surface area (Å²) < 4.78 is 53.4. The molecule has 0 atom stereocenters. The van der Waals surface area contributed by atoms with Crippen molar-refractivity contribution in [3.63, 3.8) is 0 Å². The second-order valence-corrected chi connectivity index (χ2v) is 8.76. The fraction of sp³-hybridized carbons (Fsp3) is 0.368. The van der Waals surface area contributed by atoms with Crippen LogP contribution in [0.25, 0.3) is 0 Å². The lowest BCUT2D eigenvalue weighted by molar-refractivity contribution is -0.133. The van der Waals surface area contributed by atoms with Crippen LogP contribution in [0, 0.1) is 17.6 Å². The molecule has 156 valence electrons. The van der Waals surface area contributed by atoms with Crippen LogP contribution in [0.2, 0.25) is 0 Å². The number of hydrogen-bond donors (Lipinski definition) is 1. The van der Waals surface area contributed by atoms with Crippen LogP contribution in [0.15, 0.2) is 41.4 Å². The predicted molar refractivity (Wildman–Crippen MR) is 105 cm³/mol. The smallest absolute Gasteiger partial charge is 0.263 e. The number of nitrogens with one attached hydrogen (secondary N) is 1. The Morgan fingerprint density at radius 3 is 2.38 bits per heavy atom. The van der Waals surface area contributed by atoms with Gasteiger partial charge in [0.1, 0.15) is 10.7 Å². The zero-order valence-corrected chi connectivity index (χ0v) is 16.9. The number of amides is 1. The van der Waals surface area contributed by atoms with Gasteiger partial charge in [0.05, 0.1) is 5.69 Å². The van der Waals surface area contributed by atoms with Crippen molar-refractivity contribution in [2.75, 3.05) is 36.8 Å². The van der Waals surface area contributed by atoms with E-state index in [1.54, 1.807) is 25.1 Å². The summed E-state index contributed by atoms with van der Waals surface area (Å²) in [5.41, 5.74) is -0.0828. The first-order valence-corrected chi connectivity index (χ1v) is 10.6. The molecule has 1 fully saturated rings. The Labute approximate surface area is 168 Å². The van der Waals surface area contributed by atoms with Crippen molar-refractivity contribution in [1.29, 1.82) is 0 Å². The van der Waals surface area contributed by atoms with Crippen molar-refractivity contribution in [2.45, 2.75) is 17.7 Å². The van der Waals surface area contributed by atoms with Gasteiger partial charge in [-0.1, -0.05) is 0 Å². The zero-order valence-electron chi connectivity index (χ0n) is 16.1. The van der Waals surface area contributed by atoms with Crippen LogP contribution in [-0.2, 0) is 14.8 Å². The molecule has 1 aliphatic rings. The highest BCUT2D eigenvalue weighted by molar-refractivity contribution is 7.92. The van der Waals surface area contributed by atoms with Gasteiger partial charge >= 0.3 is 0 Å². The van der Waals surface area contributed by atoms with E-state index in [0.717, 1.165) is 18.2 Å². The predicted octanol–water partition coefficient (Wildman–Crippen LogP) is 2.47. The number of pyridine rings is 1. The summed E-state index contributed by atoms with van der Waals surface area (Å²) in [4.78, 5) is 19.8. The Bertz CT molecular complexity index is 989. The van der Waals surface area contributed by atoms with Crippen LogP contribution < -0.4 is 9.62 Å². The minimum Gasteiger partial charge on any atom is -0.357 e. The standard InChI is InChI=1S/C19H22F2N4O3S/c1-24(2)19(26)13-7-9-25(10-8-13)18-6-4-15(12-22-18)29(27,28)23-14-3-5-16(20)17(21)11-14/h3-6,11-13,23H,7-10H2,1-2H3. The van der Waals surface area contributed by atoms with Gasteiger partial charge in [0.25, 0.3) is 10.0 Å². The third kappa shape index (κ3) is 4.81. The molecular weight excluding hydrogens is 402 g/mol. The van der Waals surface area contributed by atoms with Gasteiger partial charge in [0, 0.05) is 45.4 Å². The molecule has 1 aliphatic heterocycles. The second kappa shape index (κ2) is 8.32. The van der Waals surface area contributed by atoms with Crippen LogP contribution in [0.5, 0.6) is 0 Å². The molecule has 1 aromatic heterocycles. The average Bonchev–Trinajstić information content (AvgIpc) is 2.70. The van der Waals surface area contributed by atoms with Gasteiger partial charge in [-0.15, -0.1) is 0 Å². The minimum atomic E-state index is -3.99. The van der Waals surface area contributed by atoms with E-state index in [1.807, 2.05) is 4.90 Å². The van der Waals surface area contributed by atoms with Crippen molar-refractivity contribution in [2.24, 2.45) is 5.92 Å². The maximum Gasteiger partial charge on any atom is 0.263 e. The first-order chi connectivity index (χ1) is 13.7. The summed E-state index contributed by atoms with van der Waals surface area (Å²) in [5, 5.41) is 0. The largest absolute Gasteiger partial charge is 0.357 e. The van der Waals surface area contributed by atoms with Gasteiger partial charge in [-0.3, -0.25) is 9.52 Å². The van der Waals surface area contributed by atoms with Gasteiger partial charge < -0.3 is 9.80 Å². The maximum absolute atomic E-state index is 13.3. The molecule has 0 saturated carbocycles. The van der Waals surface area contributed by atoms with Crippen molar-refractivity contribution in [1.82, 2.24) is 9.88 Å². The molecule has 0 unspecified atom stereocenters. The van der Waals surface area contributed by atoms with Gasteiger partial charge in [-0.05, 0) is 37.1 Å². The fourth-order valence-corrected chi connectivity index (χ4v) is 4.21. The molecule has 29 heavy (non-hydrogen) atoms. The highest BCUT2D eigenvalue weighted by atomic mass is 32.2. The Morgan fingerprint density at radius 1 is 1.14 bits per heavy atom. The molecule has 1 aromatic carbocycles. The van der Waals surface area contributed by atoms with E-state index in [2.05, 4.69) is 9.71 Å². The highest BCUT2D eigenvalue weighted by Crippen LogP contribution is 2.24. The number of hydrogen-bond acceptors (Lipinski definition) is 5. The van der Waals surface area contributed by atoms with E-state index < -0.39 is 21.7 Å². The monoisotopic (exact) mass is 424 g/mol. The van der Waals surface area contributed by atoms with E-state index >= 15 is 0 Å². The molecule has 7 nitrogen and oxygen atoms in total. The minimum absolute atomic E-state index is 0.0128. The molecule has 10 heteroatoms. The molecule has 0 spiro atoms. The van der Waals surface area contributed by atoms with Crippen molar-refractivity contribution in [3.05, 3.63) is 48.2 Å². The third-order valence-corrected chi connectivity index (χ3v) is 6.18. The first kappa shape index (κ1) is 21.0. The summed E-state index contributed by atoms with van der Waals surface area (Å²) in [6.45, 7) is 1.30. The summed E-state index contributed by atoms with van der Waals surface area (Å²) in [7, 11) is -0.511. The summed E-state index contributed by atoms with van der Waals surface area (Å²) in [5.74, 6) is -1.49. The Balaban J connectivity index is 1.66. The Morgan fingerprint density at radius 2 is 1.83 bits per heavy atom. The lowest BCUT2D eigenvalue weighted by Gasteiger charge is -2.33. The lowest BCUT2D eigenvalue weighted by atomic mass is 9.95. The topological polar surface area (TPSA) is 82.6 Å². The molecule has 1 saturated heterocycles. The van der Waals surface area contributed by atoms with Crippen LogP contribution in [-0.4, -0.2) is 51.4 Å². The number of halogens is 2. The van der Waals surface area contributed by atoms with E-state index in [0.29, 0.717) is 31.7 Å². The number of rotatable bonds is 5. The molecule has 2 aromatic rings. The molecular formula is C19H22F2N4O3S. The van der Waals surface area contributed by atoms with E-state index in [-0.39, 0.29) is 22.4 Å². The first-order valence-electron chi connectivity index (χ1n) is 9.07. The molecule has 1 amide bonds. The Kier molecular flexibility index (Phi) is 6.02. The fourth-order valence-electron chi connectivity index (χ4n) is 3.21. The number of nitrogens with zero attached hydrogens (tertiary/aromatic N) is 3. The van der Waals surface area contributed by atoms with E-state index in [9.17, 15) is 22.0 Å². The highest BCUT2D eigenvalue weighted by Gasteiger charge is 2.27. The average molecular weight is 424 g/mol. The number of aromatic nitrogens is 1. The molecule has 0 bridgehead atoms. The number of piperidine rings is 1. The summed E-state index contributed by atoms with van der Waals surface area (Å²) in [6, 6.07) is 5.75. The van der Waals surface area contributed by atoms with Crippen LogP contribution >= 0.6 is 0 Å². The molecule has 1 N–H and O–H groups in total. The quantitative estimate of drug-likeness (QED) is 0.797. The maximum atomic E-state index is 13.3. The SMILES string of the molecule is CN(C)C(=O)C1CCN(c2ccc(S(=O)(=O)Nc3ccc(F)c(F)c3)cn2)CC1. The van der Waals surface area contributed by atoms with Crippen molar-refractivity contribution in [3.8, 4) is 0 Å². The lowest BCUT2D eigenvalue weighted by Crippen LogP contribution is -2.40. The van der Waals surface area contributed by atoms with Crippen molar-refractivity contribution < 1.29 is 22.0 Å². The van der Waals surface area contributed by atoms with Gasteiger partial charge in [0.2, 0.25) is 5.91 Å². The second-order valence-electron chi connectivity index (χ2n) is 7.08. The molecule has 0 radical (unpaired) electrons. The Hall–Kier alpha value is -2.75. The third-order valence-electron chi connectivity index (χ3n) is 4.81. The zero-order chi connectivity index (χ0) is 21.2. The molecule has 2 heterocycles. The van der Waals surface area contributed by atoms with Crippen LogP contribution in [0.1, 0.15) is 12.8 Å². The van der Waals surface area contributed by atoms with E-state index in [4.69, 9.17) is 0 Å². The van der Waals surface area contributed by atoms with Crippen LogP contribution in [0.3, 0.4) is 0 Å². The summed E-state index contributed by atoms with van der Waals surface area (Å²) >= 11 is 0. The number of carbonyl (C=O) groups is 1. The normalized spacial score (nSPS) is 15.2. The molecule has 3 rings (SSSR count). The van der Waals surface area contributed by atoms with Gasteiger partial charge in [-0.2, -0.15) is 0 Å². The summed E-state index contributed by atoms with van der Waals surface area (Å²) in [6.07, 6.45) is 2.63.